The summed E-state index contributed by atoms with van der Waals surface area (Å²) in [6.07, 6.45) is 3.31. The van der Waals surface area contributed by atoms with E-state index in [1.807, 2.05) is 11.9 Å². The van der Waals surface area contributed by atoms with Gasteiger partial charge in [-0.05, 0) is 38.8 Å². The molecule has 0 aliphatic carbocycles. The lowest BCUT2D eigenvalue weighted by Crippen LogP contribution is -2.39. The van der Waals surface area contributed by atoms with Gasteiger partial charge < -0.3 is 19.5 Å². The van der Waals surface area contributed by atoms with Gasteiger partial charge in [-0.15, -0.1) is 0 Å². The molecule has 20 heavy (non-hydrogen) atoms. The Hall–Kier alpha value is -1.40. The smallest absolute Gasteiger partial charge is 0.276 e. The predicted molar refractivity (Wildman–Crippen MR) is 74.4 cm³/mol. The molecule has 6 heteroatoms. The maximum absolute atomic E-state index is 12.3. The quantitative estimate of drug-likeness (QED) is 0.851. The number of piperidine rings is 1. The van der Waals surface area contributed by atoms with Gasteiger partial charge in [0.05, 0.1) is 0 Å². The Kier molecular flexibility index (Phi) is 5.55. The molecule has 2 rings (SSSR count). The summed E-state index contributed by atoms with van der Waals surface area (Å²) in [5.41, 5.74) is 0.380. The monoisotopic (exact) mass is 281 g/mol. The second-order valence-electron chi connectivity index (χ2n) is 5.24. The van der Waals surface area contributed by atoms with E-state index >= 15 is 0 Å². The van der Waals surface area contributed by atoms with E-state index in [0.717, 1.165) is 32.5 Å². The van der Waals surface area contributed by atoms with Crippen LogP contribution < -0.4 is 5.32 Å². The van der Waals surface area contributed by atoms with Crippen LogP contribution in [0.25, 0.3) is 0 Å². The molecule has 6 nitrogen and oxygen atoms in total. The lowest BCUT2D eigenvalue weighted by Gasteiger charge is -2.31. The first-order valence-corrected chi connectivity index (χ1v) is 7.13. The maximum Gasteiger partial charge on any atom is 0.276 e. The van der Waals surface area contributed by atoms with Gasteiger partial charge in [-0.1, -0.05) is 5.16 Å². The highest BCUT2D eigenvalue weighted by Gasteiger charge is 2.25. The second-order valence-corrected chi connectivity index (χ2v) is 5.24. The zero-order valence-electron chi connectivity index (χ0n) is 12.2. The lowest BCUT2D eigenvalue weighted by molar-refractivity contribution is 0.0676. The van der Waals surface area contributed by atoms with Crippen LogP contribution in [0.1, 0.15) is 35.5 Å². The summed E-state index contributed by atoms with van der Waals surface area (Å²) in [7, 11) is 3.56. The number of hydrogen-bond acceptors (Lipinski definition) is 5. The summed E-state index contributed by atoms with van der Waals surface area (Å²) >= 11 is 0. The fourth-order valence-corrected chi connectivity index (χ4v) is 2.56. The van der Waals surface area contributed by atoms with Crippen LogP contribution in [-0.2, 0) is 11.3 Å². The number of carbonyl (C=O) groups is 1. The van der Waals surface area contributed by atoms with Gasteiger partial charge in [0, 0.05) is 26.3 Å². The van der Waals surface area contributed by atoms with Gasteiger partial charge in [0.2, 0.25) is 0 Å². The molecule has 1 fully saturated rings. The molecule has 1 aromatic heterocycles. The summed E-state index contributed by atoms with van der Waals surface area (Å²) in [5.74, 6) is 1.26. The van der Waals surface area contributed by atoms with E-state index in [4.69, 9.17) is 9.26 Å². The van der Waals surface area contributed by atoms with Crippen molar-refractivity contribution < 1.29 is 14.1 Å². The lowest BCUT2D eigenvalue weighted by atomic mass is 9.93. The third-order valence-corrected chi connectivity index (χ3v) is 3.77. The normalized spacial score (nSPS) is 16.6. The van der Waals surface area contributed by atoms with E-state index in [1.54, 1.807) is 13.2 Å². The fourth-order valence-electron chi connectivity index (χ4n) is 2.56. The molecule has 0 radical (unpaired) electrons. The standard InChI is InChI=1S/C14H23N3O3/c1-15-6-3-11-4-7-17(8-5-11)14(18)13-9-12(10-19-2)20-16-13/h9,11,15H,3-8,10H2,1-2H3. The van der Waals surface area contributed by atoms with Crippen molar-refractivity contribution in [2.75, 3.05) is 33.8 Å². The van der Waals surface area contributed by atoms with Crippen molar-refractivity contribution in [1.29, 1.82) is 0 Å². The maximum atomic E-state index is 12.3. The number of rotatable bonds is 6. The van der Waals surface area contributed by atoms with Crippen molar-refractivity contribution in [2.45, 2.75) is 25.9 Å². The van der Waals surface area contributed by atoms with E-state index in [0.29, 0.717) is 24.0 Å². The molecule has 0 aromatic carbocycles. The third-order valence-electron chi connectivity index (χ3n) is 3.77. The number of hydrogen-bond donors (Lipinski definition) is 1. The van der Waals surface area contributed by atoms with E-state index in [9.17, 15) is 4.79 Å². The van der Waals surface area contributed by atoms with Gasteiger partial charge in [0.1, 0.15) is 6.61 Å². The molecule has 2 heterocycles. The van der Waals surface area contributed by atoms with E-state index < -0.39 is 0 Å². The van der Waals surface area contributed by atoms with Crippen LogP contribution in [0.2, 0.25) is 0 Å². The highest BCUT2D eigenvalue weighted by molar-refractivity contribution is 5.92. The van der Waals surface area contributed by atoms with Crippen LogP contribution in [0.4, 0.5) is 0 Å². The Morgan fingerprint density at radius 3 is 2.95 bits per heavy atom. The number of methoxy groups -OCH3 is 1. The summed E-state index contributed by atoms with van der Waals surface area (Å²) in [5, 5.41) is 7.00. The summed E-state index contributed by atoms with van der Waals surface area (Å²) in [6.45, 7) is 2.99. The molecule has 0 unspecified atom stereocenters. The number of aromatic nitrogens is 1. The number of carbonyl (C=O) groups excluding carboxylic acids is 1. The molecule has 0 saturated carbocycles. The Labute approximate surface area is 119 Å². The number of likely N-dealkylation sites (tertiary alicyclic amines) is 1. The molecule has 1 N–H and O–H groups in total. The highest BCUT2D eigenvalue weighted by atomic mass is 16.5. The summed E-state index contributed by atoms with van der Waals surface area (Å²) in [6, 6.07) is 1.67. The van der Waals surface area contributed by atoms with E-state index in [1.165, 1.54) is 6.42 Å². The minimum absolute atomic E-state index is 0.0387. The van der Waals surface area contributed by atoms with Crippen molar-refractivity contribution in [3.05, 3.63) is 17.5 Å². The zero-order chi connectivity index (χ0) is 14.4. The summed E-state index contributed by atoms with van der Waals surface area (Å²) < 4.78 is 10.0. The van der Waals surface area contributed by atoms with Crippen molar-refractivity contribution in [3.63, 3.8) is 0 Å². The third kappa shape index (κ3) is 3.80. The zero-order valence-corrected chi connectivity index (χ0v) is 12.2. The first kappa shape index (κ1) is 15.0. The van der Waals surface area contributed by atoms with Crippen LogP contribution in [-0.4, -0.2) is 49.8 Å². The number of amides is 1. The Bertz CT molecular complexity index is 425. The average molecular weight is 281 g/mol. The highest BCUT2D eigenvalue weighted by Crippen LogP contribution is 2.21. The molecular formula is C14H23N3O3. The molecule has 0 bridgehead atoms. The molecule has 1 amide bonds. The minimum atomic E-state index is -0.0387. The van der Waals surface area contributed by atoms with Gasteiger partial charge in [0.25, 0.3) is 5.91 Å². The average Bonchev–Trinajstić information content (AvgIpc) is 2.94. The Morgan fingerprint density at radius 2 is 2.30 bits per heavy atom. The topological polar surface area (TPSA) is 67.6 Å². The molecule has 1 saturated heterocycles. The van der Waals surface area contributed by atoms with Crippen LogP contribution in [0.3, 0.4) is 0 Å². The van der Waals surface area contributed by atoms with Crippen LogP contribution in [0.5, 0.6) is 0 Å². The fraction of sp³-hybridized carbons (Fsp3) is 0.714. The first-order valence-electron chi connectivity index (χ1n) is 7.13. The summed E-state index contributed by atoms with van der Waals surface area (Å²) in [4.78, 5) is 14.2. The molecule has 0 atom stereocenters. The molecule has 1 aromatic rings. The largest absolute Gasteiger partial charge is 0.377 e. The Morgan fingerprint density at radius 1 is 1.55 bits per heavy atom. The number of nitrogens with zero attached hydrogens (tertiary/aromatic N) is 2. The first-order chi connectivity index (χ1) is 9.74. The predicted octanol–water partition coefficient (Wildman–Crippen LogP) is 1.28. The van der Waals surface area contributed by atoms with E-state index in [-0.39, 0.29) is 5.91 Å². The SMILES string of the molecule is CNCCC1CCN(C(=O)c2cc(COC)on2)CC1. The molecular weight excluding hydrogens is 258 g/mol. The molecule has 1 aliphatic rings. The van der Waals surface area contributed by atoms with Gasteiger partial charge >= 0.3 is 0 Å². The molecule has 112 valence electrons. The van der Waals surface area contributed by atoms with Crippen LogP contribution in [0.15, 0.2) is 10.6 Å². The van der Waals surface area contributed by atoms with Crippen molar-refractivity contribution >= 4 is 5.91 Å². The Balaban J connectivity index is 1.84. The van der Waals surface area contributed by atoms with Gasteiger partial charge in [0.15, 0.2) is 11.5 Å². The number of ether oxygens (including phenoxy) is 1. The van der Waals surface area contributed by atoms with Crippen molar-refractivity contribution in [3.8, 4) is 0 Å². The van der Waals surface area contributed by atoms with Crippen molar-refractivity contribution in [2.24, 2.45) is 5.92 Å². The van der Waals surface area contributed by atoms with Crippen LogP contribution >= 0.6 is 0 Å². The van der Waals surface area contributed by atoms with E-state index in [2.05, 4.69) is 10.5 Å². The molecule has 0 spiro atoms. The van der Waals surface area contributed by atoms with Crippen LogP contribution in [0, 0.1) is 5.92 Å². The van der Waals surface area contributed by atoms with Crippen molar-refractivity contribution in [1.82, 2.24) is 15.4 Å². The number of nitrogens with one attached hydrogen (secondary N) is 1. The second kappa shape index (κ2) is 7.40. The van der Waals surface area contributed by atoms with Gasteiger partial charge in [-0.3, -0.25) is 4.79 Å². The minimum Gasteiger partial charge on any atom is -0.377 e. The van der Waals surface area contributed by atoms with Gasteiger partial charge in [-0.2, -0.15) is 0 Å². The van der Waals surface area contributed by atoms with Gasteiger partial charge in [-0.25, -0.2) is 0 Å². The molecule has 1 aliphatic heterocycles.